The van der Waals surface area contributed by atoms with Crippen molar-refractivity contribution in [3.63, 3.8) is 0 Å². The molecule has 58 valence electrons. The smallest absolute Gasteiger partial charge is 0.130 e. The topological polar surface area (TPSA) is 26.3 Å². The Bertz CT molecular complexity index is 136. The van der Waals surface area contributed by atoms with Gasteiger partial charge < -0.3 is 9.53 Å². The van der Waals surface area contributed by atoms with Gasteiger partial charge in [0.15, 0.2) is 0 Å². The molecule has 0 radical (unpaired) electrons. The van der Waals surface area contributed by atoms with Gasteiger partial charge in [-0.05, 0) is 25.8 Å². The molecule has 0 aromatic heterocycles. The number of hydrogen-bond donors (Lipinski definition) is 0. The molecule has 0 aliphatic rings. The van der Waals surface area contributed by atoms with Crippen LogP contribution in [0.1, 0.15) is 26.7 Å². The van der Waals surface area contributed by atoms with Gasteiger partial charge >= 0.3 is 0 Å². The maximum Gasteiger partial charge on any atom is 0.130 e. The maximum absolute atomic E-state index is 10.5. The largest absolute Gasteiger partial charge is 0.504 e. The third kappa shape index (κ3) is 5.35. The molecule has 0 N–H and O–H groups in total. The number of ether oxygens (including phenoxy) is 1. The van der Waals surface area contributed by atoms with E-state index in [0.29, 0.717) is 6.42 Å². The van der Waals surface area contributed by atoms with Crippen LogP contribution in [-0.2, 0) is 9.53 Å². The van der Waals surface area contributed by atoms with Crippen molar-refractivity contribution >= 4 is 5.78 Å². The zero-order valence-electron chi connectivity index (χ0n) is 6.81. The van der Waals surface area contributed by atoms with Gasteiger partial charge in [-0.2, -0.15) is 0 Å². The molecule has 0 aromatic carbocycles. The Morgan fingerprint density at radius 3 is 2.40 bits per heavy atom. The first-order valence-corrected chi connectivity index (χ1v) is 3.34. The quantitative estimate of drug-likeness (QED) is 0.560. The fourth-order valence-electron chi connectivity index (χ4n) is 0.633. The lowest BCUT2D eigenvalue weighted by Crippen LogP contribution is -1.89. The first kappa shape index (κ1) is 9.21. The summed E-state index contributed by atoms with van der Waals surface area (Å²) in [4.78, 5) is 10.5. The first-order valence-electron chi connectivity index (χ1n) is 3.34. The molecule has 0 amide bonds. The summed E-state index contributed by atoms with van der Waals surface area (Å²) in [6.07, 6.45) is 3.10. The van der Waals surface area contributed by atoms with Crippen LogP contribution in [0, 0.1) is 0 Å². The highest BCUT2D eigenvalue weighted by Gasteiger charge is 1.93. The van der Waals surface area contributed by atoms with Crippen LogP contribution in [0.2, 0.25) is 0 Å². The van der Waals surface area contributed by atoms with Crippen molar-refractivity contribution in [2.75, 3.05) is 7.11 Å². The lowest BCUT2D eigenvalue weighted by molar-refractivity contribution is -0.116. The van der Waals surface area contributed by atoms with Crippen LogP contribution < -0.4 is 0 Å². The standard InChI is InChI=1S/C8H14O2/c1-7(6-10-3)4-5-8(2)9/h6H,4-5H2,1-3H3/b7-6+. The lowest BCUT2D eigenvalue weighted by atomic mass is 10.1. The Morgan fingerprint density at radius 2 is 2.00 bits per heavy atom. The maximum atomic E-state index is 10.5. The van der Waals surface area contributed by atoms with E-state index >= 15 is 0 Å². The average molecular weight is 142 g/mol. The summed E-state index contributed by atoms with van der Waals surface area (Å²) < 4.78 is 4.76. The summed E-state index contributed by atoms with van der Waals surface area (Å²) in [6.45, 7) is 3.55. The average Bonchev–Trinajstić information content (AvgIpc) is 1.85. The Kier molecular flexibility index (Phi) is 4.63. The van der Waals surface area contributed by atoms with E-state index in [-0.39, 0.29) is 5.78 Å². The molecule has 0 unspecified atom stereocenters. The molecule has 0 rings (SSSR count). The third-order valence-corrected chi connectivity index (χ3v) is 1.19. The summed E-state index contributed by atoms with van der Waals surface area (Å²) in [5.74, 6) is 0.226. The van der Waals surface area contributed by atoms with Gasteiger partial charge in [0.2, 0.25) is 0 Å². The molecule has 0 aliphatic heterocycles. The molecule has 0 fully saturated rings. The summed E-state index contributed by atoms with van der Waals surface area (Å²) >= 11 is 0. The molecule has 0 aromatic rings. The van der Waals surface area contributed by atoms with Crippen molar-refractivity contribution in [3.05, 3.63) is 11.8 Å². The minimum absolute atomic E-state index is 0.226. The SMILES string of the molecule is CO/C=C(\C)CCC(C)=O. The van der Waals surface area contributed by atoms with Gasteiger partial charge in [0.25, 0.3) is 0 Å². The van der Waals surface area contributed by atoms with Crippen molar-refractivity contribution in [1.29, 1.82) is 0 Å². The molecule has 0 atom stereocenters. The number of carbonyl (C=O) groups excluding carboxylic acids is 1. The van der Waals surface area contributed by atoms with Gasteiger partial charge in [0, 0.05) is 6.42 Å². The van der Waals surface area contributed by atoms with Gasteiger partial charge in [0.05, 0.1) is 13.4 Å². The third-order valence-electron chi connectivity index (χ3n) is 1.19. The van der Waals surface area contributed by atoms with Gasteiger partial charge in [0.1, 0.15) is 5.78 Å². The predicted octanol–water partition coefficient (Wildman–Crippen LogP) is 1.91. The Labute approximate surface area is 61.9 Å². The van der Waals surface area contributed by atoms with E-state index < -0.39 is 0 Å². The number of carbonyl (C=O) groups is 1. The number of ketones is 1. The van der Waals surface area contributed by atoms with Gasteiger partial charge in [-0.1, -0.05) is 0 Å². The molecule has 0 spiro atoms. The van der Waals surface area contributed by atoms with Gasteiger partial charge in [-0.3, -0.25) is 0 Å². The van der Waals surface area contributed by atoms with Crippen LogP contribution in [0.5, 0.6) is 0 Å². The summed E-state index contributed by atoms with van der Waals surface area (Å²) in [5.41, 5.74) is 1.11. The van der Waals surface area contributed by atoms with E-state index in [0.717, 1.165) is 12.0 Å². The number of hydrogen-bond acceptors (Lipinski definition) is 2. The van der Waals surface area contributed by atoms with E-state index in [2.05, 4.69) is 0 Å². The van der Waals surface area contributed by atoms with Crippen molar-refractivity contribution in [2.45, 2.75) is 26.7 Å². The molecule has 10 heavy (non-hydrogen) atoms. The van der Waals surface area contributed by atoms with E-state index in [4.69, 9.17) is 4.74 Å². The molecular formula is C8H14O2. The van der Waals surface area contributed by atoms with Crippen LogP contribution in [-0.4, -0.2) is 12.9 Å². The van der Waals surface area contributed by atoms with Gasteiger partial charge in [-0.15, -0.1) is 0 Å². The molecular weight excluding hydrogens is 128 g/mol. The molecule has 0 saturated carbocycles. The second kappa shape index (κ2) is 5.03. The first-order chi connectivity index (χ1) is 4.66. The van der Waals surface area contributed by atoms with E-state index in [9.17, 15) is 4.79 Å². The van der Waals surface area contributed by atoms with Gasteiger partial charge in [-0.25, -0.2) is 0 Å². The minimum atomic E-state index is 0.226. The van der Waals surface area contributed by atoms with Crippen molar-refractivity contribution in [2.24, 2.45) is 0 Å². The second-order valence-electron chi connectivity index (χ2n) is 2.40. The molecule has 0 bridgehead atoms. The number of rotatable bonds is 4. The van der Waals surface area contributed by atoms with Crippen LogP contribution in [0.4, 0.5) is 0 Å². The van der Waals surface area contributed by atoms with Crippen LogP contribution >= 0.6 is 0 Å². The lowest BCUT2D eigenvalue weighted by Gasteiger charge is -1.96. The highest BCUT2D eigenvalue weighted by Crippen LogP contribution is 2.03. The number of allylic oxidation sites excluding steroid dienone is 1. The Balaban J connectivity index is 3.48. The monoisotopic (exact) mass is 142 g/mol. The number of Topliss-reactive ketones (excluding diaryl/α,β-unsaturated/α-hetero) is 1. The van der Waals surface area contributed by atoms with Crippen molar-refractivity contribution in [3.8, 4) is 0 Å². The summed E-state index contributed by atoms with van der Waals surface area (Å²) in [6, 6.07) is 0. The molecule has 0 heterocycles. The van der Waals surface area contributed by atoms with E-state index in [1.165, 1.54) is 0 Å². The zero-order chi connectivity index (χ0) is 7.98. The zero-order valence-corrected chi connectivity index (χ0v) is 6.81. The highest BCUT2D eigenvalue weighted by atomic mass is 16.5. The van der Waals surface area contributed by atoms with Crippen LogP contribution in [0.3, 0.4) is 0 Å². The fraction of sp³-hybridized carbons (Fsp3) is 0.625. The fourth-order valence-corrected chi connectivity index (χ4v) is 0.633. The van der Waals surface area contributed by atoms with Crippen LogP contribution in [0.15, 0.2) is 11.8 Å². The van der Waals surface area contributed by atoms with Crippen molar-refractivity contribution in [1.82, 2.24) is 0 Å². The molecule has 0 aliphatic carbocycles. The normalized spacial score (nSPS) is 11.3. The highest BCUT2D eigenvalue weighted by molar-refractivity contribution is 5.75. The predicted molar refractivity (Wildman–Crippen MR) is 40.7 cm³/mol. The van der Waals surface area contributed by atoms with Crippen molar-refractivity contribution < 1.29 is 9.53 Å². The van der Waals surface area contributed by atoms with E-state index in [1.807, 2.05) is 6.92 Å². The summed E-state index contributed by atoms with van der Waals surface area (Å²) in [7, 11) is 1.61. The Hall–Kier alpha value is -0.790. The van der Waals surface area contributed by atoms with E-state index in [1.54, 1.807) is 20.3 Å². The summed E-state index contributed by atoms with van der Waals surface area (Å²) in [5, 5.41) is 0. The Morgan fingerprint density at radius 1 is 1.40 bits per heavy atom. The second-order valence-corrected chi connectivity index (χ2v) is 2.40. The van der Waals surface area contributed by atoms with Crippen LogP contribution in [0.25, 0.3) is 0 Å². The minimum Gasteiger partial charge on any atom is -0.504 e. The molecule has 2 nitrogen and oxygen atoms in total. The molecule has 2 heteroatoms. The molecule has 0 saturated heterocycles. The number of methoxy groups -OCH3 is 1.